The summed E-state index contributed by atoms with van der Waals surface area (Å²) in [7, 11) is 0. The van der Waals surface area contributed by atoms with Crippen LogP contribution in [0.15, 0.2) is 0 Å². The van der Waals surface area contributed by atoms with E-state index < -0.39 is 24.0 Å². The summed E-state index contributed by atoms with van der Waals surface area (Å²) in [4.78, 5) is 13.3. The van der Waals surface area contributed by atoms with Gasteiger partial charge >= 0.3 is 6.18 Å². The molecule has 148 valence electrons. The van der Waals surface area contributed by atoms with Crippen LogP contribution in [0.25, 0.3) is 0 Å². The predicted octanol–water partition coefficient (Wildman–Crippen LogP) is 3.05. The van der Waals surface area contributed by atoms with Crippen molar-refractivity contribution < 1.29 is 23.1 Å². The molecular weight excluding hydrogens is 381 g/mol. The molecule has 0 radical (unpaired) electrons. The SMILES string of the molecule is Cc1sc(NC(=O)Cn2nc(C(F)(F)F)c3c2CCCC3)c(C(N)O)c1C. The first-order valence-corrected chi connectivity index (χ1v) is 9.40. The molecule has 2 heterocycles. The molecule has 2 aromatic rings. The Morgan fingerprint density at radius 3 is 2.67 bits per heavy atom. The zero-order valence-electron chi connectivity index (χ0n) is 15.0. The lowest BCUT2D eigenvalue weighted by Crippen LogP contribution is -2.22. The number of amides is 1. The Morgan fingerprint density at radius 2 is 2.04 bits per heavy atom. The van der Waals surface area contributed by atoms with E-state index in [0.717, 1.165) is 21.5 Å². The van der Waals surface area contributed by atoms with Gasteiger partial charge in [0.15, 0.2) is 5.69 Å². The summed E-state index contributed by atoms with van der Waals surface area (Å²) < 4.78 is 40.9. The van der Waals surface area contributed by atoms with Crippen LogP contribution in [0.1, 0.15) is 52.0 Å². The number of fused-ring (bicyclic) bond motifs is 1. The number of rotatable bonds is 4. The highest BCUT2D eigenvalue weighted by atomic mass is 32.1. The van der Waals surface area contributed by atoms with Gasteiger partial charge in [0.2, 0.25) is 5.91 Å². The summed E-state index contributed by atoms with van der Waals surface area (Å²) in [5, 5.41) is 16.5. The minimum Gasteiger partial charge on any atom is -0.374 e. The second-order valence-corrected chi connectivity index (χ2v) is 7.88. The Morgan fingerprint density at radius 1 is 1.37 bits per heavy atom. The third-order valence-electron chi connectivity index (χ3n) is 4.80. The Hall–Kier alpha value is -1.91. The number of carbonyl (C=O) groups is 1. The van der Waals surface area contributed by atoms with E-state index in [1.165, 1.54) is 11.3 Å². The fraction of sp³-hybridized carbons (Fsp3) is 0.529. The molecule has 1 amide bonds. The van der Waals surface area contributed by atoms with Crippen molar-refractivity contribution in [3.63, 3.8) is 0 Å². The Kier molecular flexibility index (Phi) is 5.33. The van der Waals surface area contributed by atoms with Crippen LogP contribution in [-0.4, -0.2) is 20.8 Å². The van der Waals surface area contributed by atoms with E-state index >= 15 is 0 Å². The first-order valence-electron chi connectivity index (χ1n) is 8.58. The Bertz CT molecular complexity index is 871. The second-order valence-electron chi connectivity index (χ2n) is 6.66. The number of hydrogen-bond acceptors (Lipinski definition) is 5. The molecule has 1 aliphatic carbocycles. The van der Waals surface area contributed by atoms with Crippen molar-refractivity contribution in [2.24, 2.45) is 5.73 Å². The number of anilines is 1. The molecule has 27 heavy (non-hydrogen) atoms. The fourth-order valence-corrected chi connectivity index (χ4v) is 4.54. The predicted molar refractivity (Wildman–Crippen MR) is 95.4 cm³/mol. The maximum absolute atomic E-state index is 13.2. The standard InChI is InChI=1S/C17H21F3N4O2S/c1-8-9(2)27-16(13(8)15(21)26)22-12(25)7-24-11-6-4-3-5-10(11)14(23-24)17(18,19)20/h15,26H,3-7,21H2,1-2H3,(H,22,25). The van der Waals surface area contributed by atoms with Gasteiger partial charge in [-0.25, -0.2) is 0 Å². The first-order chi connectivity index (χ1) is 12.6. The quantitative estimate of drug-likeness (QED) is 0.686. The van der Waals surface area contributed by atoms with Crippen LogP contribution in [0.2, 0.25) is 0 Å². The van der Waals surface area contributed by atoms with Gasteiger partial charge in [-0.3, -0.25) is 9.48 Å². The number of aryl methyl sites for hydroxylation is 1. The lowest BCUT2D eigenvalue weighted by atomic mass is 9.95. The van der Waals surface area contributed by atoms with Gasteiger partial charge in [0.05, 0.1) is 0 Å². The summed E-state index contributed by atoms with van der Waals surface area (Å²) in [5.74, 6) is -0.511. The van der Waals surface area contributed by atoms with Gasteiger partial charge in [0, 0.05) is 21.7 Å². The minimum absolute atomic E-state index is 0.197. The van der Waals surface area contributed by atoms with E-state index in [4.69, 9.17) is 5.73 Å². The lowest BCUT2D eigenvalue weighted by molar-refractivity contribution is -0.142. The van der Waals surface area contributed by atoms with Gasteiger partial charge in [0.25, 0.3) is 0 Å². The molecule has 0 aliphatic heterocycles. The van der Waals surface area contributed by atoms with Gasteiger partial charge in [0.1, 0.15) is 17.8 Å². The van der Waals surface area contributed by atoms with Gasteiger partial charge in [-0.2, -0.15) is 18.3 Å². The van der Waals surface area contributed by atoms with Crippen molar-refractivity contribution in [2.75, 3.05) is 5.32 Å². The first kappa shape index (κ1) is 19.8. The topological polar surface area (TPSA) is 93.2 Å². The third kappa shape index (κ3) is 3.87. The normalized spacial score (nSPS) is 15.5. The molecule has 2 aromatic heterocycles. The average Bonchev–Trinajstić information content (AvgIpc) is 3.06. The molecule has 0 saturated heterocycles. The smallest absolute Gasteiger partial charge is 0.374 e. The second kappa shape index (κ2) is 7.25. The largest absolute Gasteiger partial charge is 0.435 e. The molecule has 0 spiro atoms. The fourth-order valence-electron chi connectivity index (χ4n) is 3.43. The molecule has 1 unspecified atom stereocenters. The highest BCUT2D eigenvalue weighted by Gasteiger charge is 2.39. The number of halogens is 3. The van der Waals surface area contributed by atoms with Gasteiger partial charge in [-0.15, -0.1) is 11.3 Å². The summed E-state index contributed by atoms with van der Waals surface area (Å²) >= 11 is 1.26. The third-order valence-corrected chi connectivity index (χ3v) is 5.94. The van der Waals surface area contributed by atoms with E-state index in [1.807, 2.05) is 6.92 Å². The van der Waals surface area contributed by atoms with Crippen molar-refractivity contribution in [1.29, 1.82) is 0 Å². The molecule has 1 atom stereocenters. The summed E-state index contributed by atoms with van der Waals surface area (Å²) in [5.41, 5.74) is 6.54. The maximum atomic E-state index is 13.2. The molecule has 0 aromatic carbocycles. The zero-order chi connectivity index (χ0) is 19.9. The molecule has 0 saturated carbocycles. The monoisotopic (exact) mass is 402 g/mol. The molecule has 10 heteroatoms. The van der Waals surface area contributed by atoms with E-state index in [9.17, 15) is 23.1 Å². The van der Waals surface area contributed by atoms with Crippen molar-refractivity contribution in [3.05, 3.63) is 33.0 Å². The lowest BCUT2D eigenvalue weighted by Gasteiger charge is -2.15. The Labute approximate surface area is 158 Å². The van der Waals surface area contributed by atoms with Crippen LogP contribution in [0.3, 0.4) is 0 Å². The van der Waals surface area contributed by atoms with Gasteiger partial charge in [-0.05, 0) is 45.1 Å². The molecule has 3 rings (SSSR count). The summed E-state index contributed by atoms with van der Waals surface area (Å²) in [6.45, 7) is 3.29. The molecule has 6 nitrogen and oxygen atoms in total. The van der Waals surface area contributed by atoms with Crippen LogP contribution < -0.4 is 11.1 Å². The summed E-state index contributed by atoms with van der Waals surface area (Å²) in [6, 6.07) is 0. The number of aliphatic hydroxyl groups excluding tert-OH is 1. The van der Waals surface area contributed by atoms with Crippen LogP contribution in [0.4, 0.5) is 18.2 Å². The molecule has 0 bridgehead atoms. The molecule has 1 aliphatic rings. The van der Waals surface area contributed by atoms with Crippen LogP contribution >= 0.6 is 11.3 Å². The maximum Gasteiger partial charge on any atom is 0.435 e. The highest BCUT2D eigenvalue weighted by molar-refractivity contribution is 7.16. The number of thiophene rings is 1. The van der Waals surface area contributed by atoms with Gasteiger partial charge in [-0.1, -0.05) is 0 Å². The summed E-state index contributed by atoms with van der Waals surface area (Å²) in [6.07, 6.45) is -3.56. The highest BCUT2D eigenvalue weighted by Crippen LogP contribution is 2.37. The number of nitrogens with one attached hydrogen (secondary N) is 1. The number of alkyl halides is 3. The Balaban J connectivity index is 1.85. The average molecular weight is 402 g/mol. The van der Waals surface area contributed by atoms with Crippen molar-refractivity contribution >= 4 is 22.2 Å². The zero-order valence-corrected chi connectivity index (χ0v) is 15.8. The number of aliphatic hydroxyl groups is 1. The number of nitrogens with zero attached hydrogens (tertiary/aromatic N) is 2. The molecule has 0 fully saturated rings. The van der Waals surface area contributed by atoms with Gasteiger partial charge < -0.3 is 16.2 Å². The number of carbonyl (C=O) groups excluding carboxylic acids is 1. The van der Waals surface area contributed by atoms with Crippen molar-refractivity contribution in [1.82, 2.24) is 9.78 Å². The van der Waals surface area contributed by atoms with E-state index in [1.54, 1.807) is 6.92 Å². The molecule has 4 N–H and O–H groups in total. The van der Waals surface area contributed by atoms with E-state index in [0.29, 0.717) is 35.5 Å². The van der Waals surface area contributed by atoms with Crippen molar-refractivity contribution in [3.8, 4) is 0 Å². The van der Waals surface area contributed by atoms with Crippen LogP contribution in [0, 0.1) is 13.8 Å². The van der Waals surface area contributed by atoms with Crippen molar-refractivity contribution in [2.45, 2.75) is 58.5 Å². The number of hydrogen-bond donors (Lipinski definition) is 3. The number of nitrogens with two attached hydrogens (primary N) is 1. The van der Waals surface area contributed by atoms with E-state index in [-0.39, 0.29) is 12.1 Å². The van der Waals surface area contributed by atoms with E-state index in [2.05, 4.69) is 10.4 Å². The van der Waals surface area contributed by atoms with Crippen LogP contribution in [0.5, 0.6) is 0 Å². The number of aromatic nitrogens is 2. The minimum atomic E-state index is -4.54. The molecular formula is C17H21F3N4O2S. The van der Waals surface area contributed by atoms with Crippen LogP contribution in [-0.2, 0) is 30.4 Å².